The Kier molecular flexibility index (Phi) is 3.73. The molecule has 0 radical (unpaired) electrons. The number of methoxy groups -OCH3 is 1. The summed E-state index contributed by atoms with van der Waals surface area (Å²) in [5.41, 5.74) is 5.84. The van der Waals surface area contributed by atoms with Gasteiger partial charge >= 0.3 is 0 Å². The molecule has 0 aliphatic carbocycles. The van der Waals surface area contributed by atoms with Crippen LogP contribution in [0.1, 0.15) is 25.0 Å². The van der Waals surface area contributed by atoms with Crippen LogP contribution in [-0.4, -0.2) is 18.9 Å². The highest BCUT2D eigenvalue weighted by molar-refractivity contribution is 6.30. The van der Waals surface area contributed by atoms with Crippen LogP contribution in [0, 0.1) is 0 Å². The van der Waals surface area contributed by atoms with Crippen molar-refractivity contribution in [1.29, 1.82) is 0 Å². The maximum atomic E-state index is 6.15. The summed E-state index contributed by atoms with van der Waals surface area (Å²) in [4.78, 5) is 4.70. The van der Waals surface area contributed by atoms with Crippen molar-refractivity contribution in [3.63, 3.8) is 0 Å². The minimum atomic E-state index is 0.294. The normalized spacial score (nSPS) is 17.1. The molecule has 108 valence electrons. The van der Waals surface area contributed by atoms with Gasteiger partial charge in [0.15, 0.2) is 0 Å². The van der Waals surface area contributed by atoms with Gasteiger partial charge in [-0.15, -0.1) is 0 Å². The van der Waals surface area contributed by atoms with Crippen molar-refractivity contribution in [2.24, 2.45) is 4.99 Å². The molecule has 0 saturated heterocycles. The highest BCUT2D eigenvalue weighted by Crippen LogP contribution is 2.36. The molecule has 1 heterocycles. The number of ether oxygens (including phenoxy) is 1. The summed E-state index contributed by atoms with van der Waals surface area (Å²) in [6.45, 7) is 4.20. The second kappa shape index (κ2) is 5.53. The zero-order chi connectivity index (χ0) is 15.0. The van der Waals surface area contributed by atoms with Gasteiger partial charge in [0.1, 0.15) is 5.75 Å². The number of aliphatic imine (C=N–C) groups is 1. The van der Waals surface area contributed by atoms with Crippen molar-refractivity contribution >= 4 is 17.3 Å². The third-order valence-corrected chi connectivity index (χ3v) is 4.14. The first-order valence-corrected chi connectivity index (χ1v) is 7.48. The Morgan fingerprint density at radius 2 is 2.05 bits per heavy atom. The first-order chi connectivity index (χ1) is 10.1. The third-order valence-electron chi connectivity index (χ3n) is 3.91. The van der Waals surface area contributed by atoms with Gasteiger partial charge in [-0.2, -0.15) is 0 Å². The lowest BCUT2D eigenvalue weighted by Gasteiger charge is -2.24. The molecule has 0 spiro atoms. The summed E-state index contributed by atoms with van der Waals surface area (Å²) in [5.74, 6) is 0.893. The molecular formula is C18H18ClNO. The van der Waals surface area contributed by atoms with E-state index in [1.165, 1.54) is 11.1 Å². The second-order valence-electron chi connectivity index (χ2n) is 5.45. The van der Waals surface area contributed by atoms with E-state index in [0.717, 1.165) is 34.0 Å². The van der Waals surface area contributed by atoms with E-state index in [4.69, 9.17) is 21.3 Å². The molecule has 0 N–H and O–H groups in total. The van der Waals surface area contributed by atoms with Crippen molar-refractivity contribution in [3.8, 4) is 16.9 Å². The lowest BCUT2D eigenvalue weighted by Crippen LogP contribution is -2.18. The maximum absolute atomic E-state index is 6.15. The van der Waals surface area contributed by atoms with Gasteiger partial charge in [-0.25, -0.2) is 0 Å². The highest BCUT2D eigenvalue weighted by Gasteiger charge is 2.23. The first-order valence-electron chi connectivity index (χ1n) is 7.10. The molecule has 0 unspecified atom stereocenters. The fraction of sp³-hybridized carbons (Fsp3) is 0.278. The average molecular weight is 300 g/mol. The molecule has 2 aromatic carbocycles. The molecule has 1 aliphatic heterocycles. The molecule has 0 amide bonds. The fourth-order valence-electron chi connectivity index (χ4n) is 3.07. The minimum absolute atomic E-state index is 0.294. The van der Waals surface area contributed by atoms with Crippen molar-refractivity contribution in [3.05, 3.63) is 52.5 Å². The van der Waals surface area contributed by atoms with E-state index in [0.29, 0.717) is 6.04 Å². The van der Waals surface area contributed by atoms with Crippen LogP contribution in [0.3, 0.4) is 0 Å². The van der Waals surface area contributed by atoms with Gasteiger partial charge in [-0.3, -0.25) is 4.99 Å². The van der Waals surface area contributed by atoms with Crippen molar-refractivity contribution < 1.29 is 4.74 Å². The van der Waals surface area contributed by atoms with E-state index in [2.05, 4.69) is 26.0 Å². The Labute approximate surface area is 130 Å². The van der Waals surface area contributed by atoms with E-state index in [1.807, 2.05) is 24.3 Å². The molecule has 0 bridgehead atoms. The van der Waals surface area contributed by atoms with Crippen LogP contribution in [0.2, 0.25) is 5.02 Å². The third kappa shape index (κ3) is 2.56. The largest absolute Gasteiger partial charge is 0.496 e. The van der Waals surface area contributed by atoms with Crippen LogP contribution in [0.5, 0.6) is 5.75 Å². The van der Waals surface area contributed by atoms with E-state index < -0.39 is 0 Å². The zero-order valence-electron chi connectivity index (χ0n) is 12.5. The number of hydrogen-bond donors (Lipinski definition) is 0. The number of fused-ring (bicyclic) bond motifs is 1. The van der Waals surface area contributed by atoms with Crippen LogP contribution in [0.4, 0.5) is 0 Å². The van der Waals surface area contributed by atoms with E-state index in [9.17, 15) is 0 Å². The van der Waals surface area contributed by atoms with Gasteiger partial charge in [0.25, 0.3) is 0 Å². The lowest BCUT2D eigenvalue weighted by molar-refractivity contribution is 0.413. The Balaban J connectivity index is 2.25. The molecule has 1 aliphatic rings. The molecule has 2 nitrogen and oxygen atoms in total. The molecule has 0 fully saturated rings. The monoisotopic (exact) mass is 299 g/mol. The molecule has 21 heavy (non-hydrogen) atoms. The van der Waals surface area contributed by atoms with E-state index in [1.54, 1.807) is 7.11 Å². The Bertz CT molecular complexity index is 721. The average Bonchev–Trinajstić information content (AvgIpc) is 2.45. The quantitative estimate of drug-likeness (QED) is 0.783. The molecule has 3 heteroatoms. The number of rotatable bonds is 2. The first kappa shape index (κ1) is 14.2. The van der Waals surface area contributed by atoms with Crippen molar-refractivity contribution in [2.75, 3.05) is 7.11 Å². The van der Waals surface area contributed by atoms with Crippen LogP contribution in [0.15, 0.2) is 41.4 Å². The van der Waals surface area contributed by atoms with Crippen LogP contribution < -0.4 is 4.74 Å². The molecule has 0 saturated carbocycles. The predicted octanol–water partition coefficient (Wildman–Crippen LogP) is 4.77. The standard InChI is InChI=1S/C18H18ClNO/c1-11-9-16-15(13-5-4-6-14(19)10-13)7-8-17(21-3)18(16)12(2)20-11/h4-8,10-11H,9H2,1-3H3/t11-/m1/s1. The smallest absolute Gasteiger partial charge is 0.128 e. The minimum Gasteiger partial charge on any atom is -0.496 e. The summed E-state index contributed by atoms with van der Waals surface area (Å²) in [7, 11) is 1.71. The summed E-state index contributed by atoms with van der Waals surface area (Å²) < 4.78 is 5.53. The molecule has 2 aromatic rings. The summed E-state index contributed by atoms with van der Waals surface area (Å²) in [6, 6.07) is 12.4. The number of nitrogens with zero attached hydrogens (tertiary/aromatic N) is 1. The molecular weight excluding hydrogens is 282 g/mol. The van der Waals surface area contributed by atoms with Gasteiger partial charge in [0.05, 0.1) is 13.2 Å². The van der Waals surface area contributed by atoms with Crippen LogP contribution in [-0.2, 0) is 6.42 Å². The second-order valence-corrected chi connectivity index (χ2v) is 5.88. The number of halogens is 1. The summed E-state index contributed by atoms with van der Waals surface area (Å²) >= 11 is 6.15. The topological polar surface area (TPSA) is 21.6 Å². The van der Waals surface area contributed by atoms with Gasteiger partial charge in [0.2, 0.25) is 0 Å². The molecule has 1 atom stereocenters. The number of benzene rings is 2. The molecule has 0 aromatic heterocycles. The van der Waals surface area contributed by atoms with Crippen LogP contribution in [0.25, 0.3) is 11.1 Å². The highest BCUT2D eigenvalue weighted by atomic mass is 35.5. The fourth-order valence-corrected chi connectivity index (χ4v) is 3.26. The Morgan fingerprint density at radius 3 is 2.76 bits per heavy atom. The SMILES string of the molecule is COc1ccc(-c2cccc(Cl)c2)c2c1C(C)=N[C@H](C)C2. The van der Waals surface area contributed by atoms with Gasteiger partial charge in [-0.1, -0.05) is 29.8 Å². The van der Waals surface area contributed by atoms with Gasteiger partial charge in [-0.05, 0) is 55.2 Å². The van der Waals surface area contributed by atoms with E-state index in [-0.39, 0.29) is 0 Å². The predicted molar refractivity (Wildman–Crippen MR) is 88.8 cm³/mol. The van der Waals surface area contributed by atoms with Crippen molar-refractivity contribution in [1.82, 2.24) is 0 Å². The Morgan fingerprint density at radius 1 is 1.24 bits per heavy atom. The van der Waals surface area contributed by atoms with Gasteiger partial charge < -0.3 is 4.74 Å². The zero-order valence-corrected chi connectivity index (χ0v) is 13.2. The maximum Gasteiger partial charge on any atom is 0.128 e. The summed E-state index contributed by atoms with van der Waals surface area (Å²) in [5, 5.41) is 0.756. The van der Waals surface area contributed by atoms with Gasteiger partial charge in [0, 0.05) is 16.3 Å². The Hall–Kier alpha value is -1.80. The van der Waals surface area contributed by atoms with E-state index >= 15 is 0 Å². The number of hydrogen-bond acceptors (Lipinski definition) is 2. The summed E-state index contributed by atoms with van der Waals surface area (Å²) in [6.07, 6.45) is 0.922. The van der Waals surface area contributed by atoms with Crippen molar-refractivity contribution in [2.45, 2.75) is 26.3 Å². The molecule has 3 rings (SSSR count). The van der Waals surface area contributed by atoms with Crippen LogP contribution >= 0.6 is 11.6 Å². The lowest BCUT2D eigenvalue weighted by atomic mass is 9.87.